The smallest absolute Gasteiger partial charge is 0.231 e. The first-order valence-electron chi connectivity index (χ1n) is 10.9. The Bertz CT molecular complexity index is 1250. The molecule has 0 fully saturated rings. The summed E-state index contributed by atoms with van der Waals surface area (Å²) in [5.74, 6) is 2.60. The van der Waals surface area contributed by atoms with Gasteiger partial charge in [-0.1, -0.05) is 12.1 Å². The van der Waals surface area contributed by atoms with Crippen molar-refractivity contribution >= 4 is 29.0 Å². The average Bonchev–Trinajstić information content (AvgIpc) is 3.32. The van der Waals surface area contributed by atoms with Gasteiger partial charge in [-0.05, 0) is 61.5 Å². The van der Waals surface area contributed by atoms with Crippen LogP contribution in [-0.2, 0) is 6.54 Å². The van der Waals surface area contributed by atoms with Crippen LogP contribution in [-0.4, -0.2) is 24.9 Å². The van der Waals surface area contributed by atoms with Crippen LogP contribution in [0.1, 0.15) is 12.0 Å². The second-order valence-corrected chi connectivity index (χ2v) is 7.70. The minimum Gasteiger partial charge on any atom is -0.457 e. The molecule has 176 valence electrons. The zero-order valence-corrected chi connectivity index (χ0v) is 19.2. The molecule has 4 aromatic rings. The van der Waals surface area contributed by atoms with Crippen LogP contribution in [0.15, 0.2) is 72.9 Å². The molecule has 0 spiro atoms. The largest absolute Gasteiger partial charge is 0.457 e. The summed E-state index contributed by atoms with van der Waals surface area (Å²) in [7, 11) is 0. The predicted molar refractivity (Wildman–Crippen MR) is 133 cm³/mol. The molecular formula is C26H25ClFN3O3. The molecule has 0 aliphatic carbocycles. The van der Waals surface area contributed by atoms with Gasteiger partial charge in [-0.2, -0.15) is 0 Å². The number of rotatable bonds is 9. The van der Waals surface area contributed by atoms with E-state index >= 15 is 0 Å². The predicted octanol–water partition coefficient (Wildman–Crippen LogP) is 5.91. The number of ether oxygens (including phenoxy) is 3. The van der Waals surface area contributed by atoms with E-state index in [9.17, 15) is 4.39 Å². The lowest BCUT2D eigenvalue weighted by Crippen LogP contribution is -2.18. The molecule has 0 atom stereocenters. The Kier molecular flexibility index (Phi) is 7.67. The Morgan fingerprint density at radius 1 is 0.941 bits per heavy atom. The number of nitrogens with zero attached hydrogens (tertiary/aromatic N) is 1. The third-order valence-electron chi connectivity index (χ3n) is 5.40. The Morgan fingerprint density at radius 3 is 2.68 bits per heavy atom. The normalized spacial score (nSPS) is 11.8. The lowest BCUT2D eigenvalue weighted by molar-refractivity contribution is 0.173. The van der Waals surface area contributed by atoms with Gasteiger partial charge in [-0.25, -0.2) is 4.39 Å². The maximum absolute atomic E-state index is 13.1. The summed E-state index contributed by atoms with van der Waals surface area (Å²) < 4.78 is 29.9. The van der Waals surface area contributed by atoms with Crippen LogP contribution in [0.2, 0.25) is 0 Å². The zero-order chi connectivity index (χ0) is 22.5. The molecule has 0 unspecified atom stereocenters. The SMILES string of the molecule is Cl.Fc1ccc(Oc2ccc3c(NCCCNCc4cccc5c4OCO5)ccnc3c2)cc1. The fourth-order valence-electron chi connectivity index (χ4n) is 3.77. The second-order valence-electron chi connectivity index (χ2n) is 7.70. The molecule has 1 aliphatic rings. The van der Waals surface area contributed by atoms with Gasteiger partial charge in [0.05, 0.1) is 5.52 Å². The average molecular weight is 482 g/mol. The Labute approximate surface area is 203 Å². The Balaban J connectivity index is 0.00000274. The molecule has 1 aromatic heterocycles. The highest BCUT2D eigenvalue weighted by Gasteiger charge is 2.16. The van der Waals surface area contributed by atoms with E-state index in [1.165, 1.54) is 12.1 Å². The highest BCUT2D eigenvalue weighted by molar-refractivity contribution is 5.91. The molecule has 2 heterocycles. The van der Waals surface area contributed by atoms with Crippen LogP contribution in [0, 0.1) is 5.82 Å². The highest BCUT2D eigenvalue weighted by Crippen LogP contribution is 2.35. The lowest BCUT2D eigenvalue weighted by atomic mass is 10.1. The molecule has 5 rings (SSSR count). The van der Waals surface area contributed by atoms with Gasteiger partial charge in [-0.3, -0.25) is 4.98 Å². The number of para-hydroxylation sites is 1. The fraction of sp³-hybridized carbons (Fsp3) is 0.192. The van der Waals surface area contributed by atoms with Crippen molar-refractivity contribution in [1.82, 2.24) is 10.3 Å². The summed E-state index contributed by atoms with van der Waals surface area (Å²) in [5, 5.41) is 7.98. The van der Waals surface area contributed by atoms with Gasteiger partial charge >= 0.3 is 0 Å². The van der Waals surface area contributed by atoms with Crippen molar-refractivity contribution < 1.29 is 18.6 Å². The number of nitrogens with one attached hydrogen (secondary N) is 2. The standard InChI is InChI=1S/C26H24FN3O3.ClH/c27-19-5-7-20(8-6-19)33-21-9-10-22-23(11-14-30-24(22)15-21)29-13-2-12-28-16-18-3-1-4-25-26(18)32-17-31-25;/h1,3-11,14-15,28H,2,12-13,16-17H2,(H,29,30);1H. The van der Waals surface area contributed by atoms with Crippen molar-refractivity contribution in [3.8, 4) is 23.0 Å². The van der Waals surface area contributed by atoms with E-state index < -0.39 is 0 Å². The Hall–Kier alpha value is -3.55. The first kappa shape index (κ1) is 23.6. The molecule has 8 heteroatoms. The van der Waals surface area contributed by atoms with Crippen LogP contribution in [0.4, 0.5) is 10.1 Å². The molecule has 34 heavy (non-hydrogen) atoms. The van der Waals surface area contributed by atoms with Gasteiger partial charge in [0.25, 0.3) is 0 Å². The number of anilines is 1. The van der Waals surface area contributed by atoms with E-state index in [0.717, 1.165) is 59.7 Å². The first-order chi connectivity index (χ1) is 16.3. The summed E-state index contributed by atoms with van der Waals surface area (Å²) in [5.41, 5.74) is 2.97. The molecule has 6 nitrogen and oxygen atoms in total. The monoisotopic (exact) mass is 481 g/mol. The van der Waals surface area contributed by atoms with E-state index in [-0.39, 0.29) is 25.0 Å². The van der Waals surface area contributed by atoms with Crippen LogP contribution >= 0.6 is 12.4 Å². The third-order valence-corrected chi connectivity index (χ3v) is 5.40. The van der Waals surface area contributed by atoms with Gasteiger partial charge in [0.15, 0.2) is 11.5 Å². The van der Waals surface area contributed by atoms with Crippen LogP contribution in [0.3, 0.4) is 0 Å². The van der Waals surface area contributed by atoms with Crippen molar-refractivity contribution in [3.63, 3.8) is 0 Å². The van der Waals surface area contributed by atoms with Crippen LogP contribution in [0.5, 0.6) is 23.0 Å². The van der Waals surface area contributed by atoms with E-state index in [1.807, 2.05) is 36.4 Å². The lowest BCUT2D eigenvalue weighted by Gasteiger charge is -2.12. The van der Waals surface area contributed by atoms with E-state index in [1.54, 1.807) is 18.3 Å². The minimum atomic E-state index is -0.291. The van der Waals surface area contributed by atoms with Crippen molar-refractivity contribution in [2.45, 2.75) is 13.0 Å². The second kappa shape index (κ2) is 11.0. The molecule has 3 aromatic carbocycles. The molecule has 0 amide bonds. The minimum absolute atomic E-state index is 0. The van der Waals surface area contributed by atoms with Crippen molar-refractivity contribution in [3.05, 3.63) is 84.3 Å². The molecule has 1 aliphatic heterocycles. The molecule has 0 bridgehead atoms. The quantitative estimate of drug-likeness (QED) is 0.290. The number of aromatic nitrogens is 1. The van der Waals surface area contributed by atoms with Crippen LogP contribution in [0.25, 0.3) is 10.9 Å². The maximum atomic E-state index is 13.1. The summed E-state index contributed by atoms with van der Waals surface area (Å²) in [6, 6.07) is 19.6. The zero-order valence-electron chi connectivity index (χ0n) is 18.4. The summed E-state index contributed by atoms with van der Waals surface area (Å²) in [4.78, 5) is 4.46. The first-order valence-corrected chi connectivity index (χ1v) is 10.9. The summed E-state index contributed by atoms with van der Waals surface area (Å²) in [6.07, 6.45) is 2.74. The van der Waals surface area contributed by atoms with E-state index in [4.69, 9.17) is 14.2 Å². The van der Waals surface area contributed by atoms with Gasteiger partial charge in [0.1, 0.15) is 17.3 Å². The van der Waals surface area contributed by atoms with Gasteiger partial charge < -0.3 is 24.8 Å². The molecule has 0 saturated carbocycles. The highest BCUT2D eigenvalue weighted by atomic mass is 35.5. The number of benzene rings is 3. The third kappa shape index (κ3) is 5.50. The molecule has 0 saturated heterocycles. The molecule has 2 N–H and O–H groups in total. The Morgan fingerprint density at radius 2 is 1.79 bits per heavy atom. The molecule has 0 radical (unpaired) electrons. The topological polar surface area (TPSA) is 64.6 Å². The number of hydrogen-bond donors (Lipinski definition) is 2. The van der Waals surface area contributed by atoms with Gasteiger partial charge in [-0.15, -0.1) is 12.4 Å². The molecular weight excluding hydrogens is 457 g/mol. The van der Waals surface area contributed by atoms with Crippen molar-refractivity contribution in [2.24, 2.45) is 0 Å². The number of pyridine rings is 1. The summed E-state index contributed by atoms with van der Waals surface area (Å²) in [6.45, 7) is 2.72. The van der Waals surface area contributed by atoms with E-state index in [0.29, 0.717) is 11.5 Å². The number of fused-ring (bicyclic) bond motifs is 2. The fourth-order valence-corrected chi connectivity index (χ4v) is 3.77. The van der Waals surface area contributed by atoms with Crippen molar-refractivity contribution in [2.75, 3.05) is 25.2 Å². The number of halogens is 2. The van der Waals surface area contributed by atoms with Crippen molar-refractivity contribution in [1.29, 1.82) is 0 Å². The van der Waals surface area contributed by atoms with Gasteiger partial charge in [0.2, 0.25) is 6.79 Å². The maximum Gasteiger partial charge on any atom is 0.231 e. The van der Waals surface area contributed by atoms with E-state index in [2.05, 4.69) is 21.7 Å². The van der Waals surface area contributed by atoms with Gasteiger partial charge in [0, 0.05) is 42.0 Å². The van der Waals surface area contributed by atoms with Crippen LogP contribution < -0.4 is 24.8 Å². The summed E-state index contributed by atoms with van der Waals surface area (Å²) >= 11 is 0. The number of hydrogen-bond acceptors (Lipinski definition) is 6.